The van der Waals surface area contributed by atoms with Gasteiger partial charge >= 0.3 is 17.9 Å². The summed E-state index contributed by atoms with van der Waals surface area (Å²) in [6.07, 6.45) is 33.4. The molecule has 0 amide bonds. The minimum absolute atomic E-state index is 0.00134. The maximum absolute atomic E-state index is 11.7. The van der Waals surface area contributed by atoms with Crippen LogP contribution >= 0.6 is 0 Å². The highest BCUT2D eigenvalue weighted by Crippen LogP contribution is 2.67. The summed E-state index contributed by atoms with van der Waals surface area (Å²) in [5.41, 5.74) is 4.66. The predicted octanol–water partition coefficient (Wildman–Crippen LogP) is 12.9. The number of hydrogen-bond acceptors (Lipinski definition) is 16. The first kappa shape index (κ1) is 76.5. The van der Waals surface area contributed by atoms with Crippen molar-refractivity contribution in [2.45, 2.75) is 270 Å². The average Bonchev–Trinajstić information content (AvgIpc) is 0.741. The molecule has 564 valence electrons. The topological polar surface area (TPSA) is 231 Å². The van der Waals surface area contributed by atoms with E-state index in [4.69, 9.17) is 47.7 Å². The fourth-order valence-corrected chi connectivity index (χ4v) is 24.2. The Morgan fingerprint density at radius 1 is 0.470 bits per heavy atom. The van der Waals surface area contributed by atoms with Crippen LogP contribution in [0, 0.1) is 85.8 Å². The third-order valence-corrected chi connectivity index (χ3v) is 29.9. The summed E-state index contributed by atoms with van der Waals surface area (Å²) in [5, 5.41) is 30.5. The number of nitrogens with one attached hydrogen (secondary N) is 1. The number of carboxylic acid groups (broad SMARTS) is 3. The molecular weight excluding hydrogens is 1270 g/mol. The van der Waals surface area contributed by atoms with Crippen molar-refractivity contribution in [3.63, 3.8) is 0 Å². The van der Waals surface area contributed by atoms with Crippen LogP contribution in [0.4, 0.5) is 0 Å². The number of carboxylic acids is 3. The molecule has 15 aliphatic rings. The zero-order valence-corrected chi connectivity index (χ0v) is 62.1. The summed E-state index contributed by atoms with van der Waals surface area (Å²) < 4.78 is 55.0. The van der Waals surface area contributed by atoms with Crippen LogP contribution in [0.5, 0.6) is 0 Å². The first-order valence-electron chi connectivity index (χ1n) is 39.9. The van der Waals surface area contributed by atoms with E-state index >= 15 is 0 Å². The van der Waals surface area contributed by atoms with Gasteiger partial charge in [0.1, 0.15) is 24.4 Å². The summed E-state index contributed by atoms with van der Waals surface area (Å²) >= 11 is 0. The minimum Gasteiger partial charge on any atom is -0.480 e. The standard InChI is InChI=1S/2C27H43NO5.C22H34O3.C5H9NO3/c2*1-18-8-9-22-26(2,20(18)11-13-28-14-15-31-16-21(28)24(29)30)12-10-23-27(22,3)17-32-25(33-23)19-6-4-5-7-19;1-15-8-9-18-21(2,17(15)11-13-23)12-10-19-22(18,3)14-24-20(25-19)16-6-4-5-7-16;7-5(8)4-3-9-2-1-6-4/h2*19-23,25H,1,4-17H2,2-3H3,(H,29,30);13,16-20H,1,4-12,14H2,2-3H3;4,6H,1-3H2,(H,7,8)/t2*20-,21-,22?,23-,25-,26+,27+;17-,18?,19-,20-,21+,22+;4-/m1111/s1. The van der Waals surface area contributed by atoms with Gasteiger partial charge in [0.2, 0.25) is 0 Å². The third-order valence-electron chi connectivity index (χ3n) is 29.9. The summed E-state index contributed by atoms with van der Waals surface area (Å²) in [4.78, 5) is 49.2. The van der Waals surface area contributed by atoms with Gasteiger partial charge < -0.3 is 68.1 Å². The Hall–Kier alpha value is -3.18. The number of carbonyl (C=O) groups is 4. The molecule has 0 aromatic heterocycles. The van der Waals surface area contributed by atoms with Crippen LogP contribution in [0.3, 0.4) is 0 Å². The quantitative estimate of drug-likeness (QED) is 0.0935. The van der Waals surface area contributed by atoms with Crippen molar-refractivity contribution in [3.8, 4) is 0 Å². The lowest BCUT2D eigenvalue weighted by atomic mass is 9.46. The lowest BCUT2D eigenvalue weighted by Gasteiger charge is -2.63. The highest BCUT2D eigenvalue weighted by Gasteiger charge is 2.64. The van der Waals surface area contributed by atoms with Crippen molar-refractivity contribution < 1.29 is 77.1 Å². The van der Waals surface area contributed by atoms with Crippen LogP contribution in [-0.4, -0.2) is 197 Å². The molecule has 9 aliphatic carbocycles. The van der Waals surface area contributed by atoms with Crippen molar-refractivity contribution in [1.29, 1.82) is 0 Å². The highest BCUT2D eigenvalue weighted by molar-refractivity contribution is 5.74. The number of fused-ring (bicyclic) bond motifs is 9. The van der Waals surface area contributed by atoms with Crippen molar-refractivity contribution in [1.82, 2.24) is 15.1 Å². The van der Waals surface area contributed by atoms with Gasteiger partial charge in [0.05, 0.1) is 77.8 Å². The predicted molar refractivity (Wildman–Crippen MR) is 380 cm³/mol. The van der Waals surface area contributed by atoms with E-state index in [2.05, 4.69) is 76.4 Å². The van der Waals surface area contributed by atoms with Crippen molar-refractivity contribution in [2.24, 2.45) is 85.8 Å². The zero-order chi connectivity index (χ0) is 70.8. The number of aldehydes is 1. The van der Waals surface area contributed by atoms with Gasteiger partial charge in [0, 0.05) is 60.1 Å². The largest absolute Gasteiger partial charge is 0.480 e. The molecule has 15 fully saturated rings. The molecule has 0 spiro atoms. The molecule has 19 heteroatoms. The molecule has 19 nitrogen and oxygen atoms in total. The number of morpholine rings is 3. The highest BCUT2D eigenvalue weighted by atomic mass is 16.7. The first-order chi connectivity index (χ1) is 47.9. The smallest absolute Gasteiger partial charge is 0.323 e. The van der Waals surface area contributed by atoms with Crippen LogP contribution in [-0.2, 0) is 61.8 Å². The number of nitrogens with zero attached hydrogens (tertiary/aromatic N) is 2. The molecule has 3 unspecified atom stereocenters. The van der Waals surface area contributed by atoms with E-state index < -0.39 is 36.0 Å². The van der Waals surface area contributed by atoms with E-state index in [1.54, 1.807) is 0 Å². The van der Waals surface area contributed by atoms with Gasteiger partial charge in [-0.3, -0.25) is 24.2 Å². The Balaban J connectivity index is 0.000000135. The number of allylic oxidation sites excluding steroid dienone is 3. The lowest BCUT2D eigenvalue weighted by Crippen LogP contribution is -2.62. The van der Waals surface area contributed by atoms with Gasteiger partial charge in [0.15, 0.2) is 18.9 Å². The monoisotopic (exact) mass is 1400 g/mol. The molecule has 21 atom stereocenters. The molecular formula is C81H129N3O16. The molecule has 15 rings (SSSR count). The maximum Gasteiger partial charge on any atom is 0.323 e. The first-order valence-corrected chi connectivity index (χ1v) is 39.9. The second kappa shape index (κ2) is 32.5. The molecule has 6 heterocycles. The van der Waals surface area contributed by atoms with E-state index in [1.165, 1.54) is 100 Å². The van der Waals surface area contributed by atoms with E-state index in [0.717, 1.165) is 123 Å². The Bertz CT molecular complexity index is 2710. The maximum atomic E-state index is 11.7. The fraction of sp³-hybridized carbons (Fsp3) is 0.877. The number of carbonyl (C=O) groups excluding carboxylic acids is 1. The Kier molecular flexibility index (Phi) is 24.8. The summed E-state index contributed by atoms with van der Waals surface area (Å²) in [6, 6.07) is -1.56. The van der Waals surface area contributed by atoms with Crippen molar-refractivity contribution in [3.05, 3.63) is 36.5 Å². The number of rotatable bonds is 14. The third kappa shape index (κ3) is 15.5. The Morgan fingerprint density at radius 2 is 0.820 bits per heavy atom. The van der Waals surface area contributed by atoms with E-state index in [1.807, 2.05) is 0 Å². The Morgan fingerprint density at radius 3 is 1.14 bits per heavy atom. The number of ether oxygens (including phenoxy) is 9. The van der Waals surface area contributed by atoms with Gasteiger partial charge in [-0.2, -0.15) is 0 Å². The average molecular weight is 1400 g/mol. The molecule has 9 saturated carbocycles. The van der Waals surface area contributed by atoms with Gasteiger partial charge in [-0.25, -0.2) is 0 Å². The van der Waals surface area contributed by atoms with Crippen LogP contribution in [0.15, 0.2) is 36.5 Å². The summed E-state index contributed by atoms with van der Waals surface area (Å²) in [7, 11) is 0. The fourth-order valence-electron chi connectivity index (χ4n) is 24.2. The molecule has 0 bridgehead atoms. The molecule has 6 saturated heterocycles. The van der Waals surface area contributed by atoms with Crippen LogP contribution in [0.2, 0.25) is 0 Å². The Labute approximate surface area is 598 Å². The minimum atomic E-state index is -0.838. The van der Waals surface area contributed by atoms with Gasteiger partial charge in [-0.1, -0.05) is 117 Å². The second-order valence-electron chi connectivity index (χ2n) is 35.4. The molecule has 100 heavy (non-hydrogen) atoms. The zero-order valence-electron chi connectivity index (χ0n) is 62.1. The van der Waals surface area contributed by atoms with E-state index in [9.17, 15) is 29.4 Å². The molecule has 0 radical (unpaired) electrons. The van der Waals surface area contributed by atoms with Crippen LogP contribution in [0.25, 0.3) is 0 Å². The molecule has 6 aliphatic heterocycles. The van der Waals surface area contributed by atoms with Crippen LogP contribution in [0.1, 0.15) is 215 Å². The normalized spacial score (nSPS) is 44.1. The van der Waals surface area contributed by atoms with Gasteiger partial charge in [-0.15, -0.1) is 0 Å². The molecule has 0 aromatic rings. The van der Waals surface area contributed by atoms with Gasteiger partial charge in [0.25, 0.3) is 0 Å². The number of aliphatic carboxylic acids is 3. The number of hydrogen-bond donors (Lipinski definition) is 4. The molecule has 4 N–H and O–H groups in total. The summed E-state index contributed by atoms with van der Waals surface area (Å²) in [5.74, 6) is 2.18. The lowest BCUT2D eigenvalue weighted by molar-refractivity contribution is -0.316. The van der Waals surface area contributed by atoms with Crippen molar-refractivity contribution in [2.75, 3.05) is 92.2 Å². The second-order valence-corrected chi connectivity index (χ2v) is 35.4. The summed E-state index contributed by atoms with van der Waals surface area (Å²) in [6.45, 7) is 36.7. The van der Waals surface area contributed by atoms with Crippen LogP contribution < -0.4 is 5.32 Å². The van der Waals surface area contributed by atoms with E-state index in [-0.39, 0.29) is 83.4 Å². The van der Waals surface area contributed by atoms with E-state index in [0.29, 0.717) is 105 Å². The van der Waals surface area contributed by atoms with Crippen molar-refractivity contribution >= 4 is 24.2 Å². The van der Waals surface area contributed by atoms with Gasteiger partial charge in [-0.05, 0) is 193 Å². The SMILES string of the molecule is C=C1CCC2[C@]3(C)CO[C@@H](C4CCCC4)O[C@@H]3CC[C@@]2(C)[C@@H]1CC=O.C=C1CCC2[C@]3(C)CO[C@@H](C4CCCC4)O[C@@H]3CC[C@@]2(C)[C@@H]1CCN1CCOC[C@@H]1C(=O)O.C=C1CCC2[C@]3(C)CO[C@@H](C4CCCC4)O[C@@H]3CC[C@@]2(C)[C@@H]1CCN1CCOC[C@@H]1C(=O)O.O=C(O)[C@H]1COCCN1. The molecule has 0 aromatic carbocycles.